The van der Waals surface area contributed by atoms with Crippen LogP contribution in [-0.2, 0) is 0 Å². The summed E-state index contributed by atoms with van der Waals surface area (Å²) < 4.78 is 0. The fourth-order valence-electron chi connectivity index (χ4n) is 2.69. The van der Waals surface area contributed by atoms with Crippen molar-refractivity contribution in [3.05, 3.63) is 46.0 Å². The number of pyridine rings is 1. The van der Waals surface area contributed by atoms with E-state index in [1.807, 2.05) is 13.0 Å². The second kappa shape index (κ2) is 6.15. The molecule has 120 valence electrons. The minimum Gasteiger partial charge on any atom is -0.353 e. The Morgan fingerprint density at radius 1 is 1.00 bits per heavy atom. The summed E-state index contributed by atoms with van der Waals surface area (Å²) in [5.74, 6) is 2.48. The van der Waals surface area contributed by atoms with Gasteiger partial charge < -0.3 is 9.80 Å². The molecule has 0 aromatic carbocycles. The normalized spacial score (nSPS) is 14.9. The molecule has 1 aliphatic rings. The van der Waals surface area contributed by atoms with E-state index < -0.39 is 4.92 Å². The molecule has 0 N–H and O–H groups in total. The van der Waals surface area contributed by atoms with Crippen molar-refractivity contribution in [1.82, 2.24) is 15.0 Å². The Morgan fingerprint density at radius 2 is 1.61 bits per heavy atom. The summed E-state index contributed by atoms with van der Waals surface area (Å²) in [7, 11) is 0. The number of nitro groups is 1. The summed E-state index contributed by atoms with van der Waals surface area (Å²) in [6, 6.07) is 5.16. The van der Waals surface area contributed by atoms with Gasteiger partial charge in [-0.25, -0.2) is 15.0 Å². The summed E-state index contributed by atoms with van der Waals surface area (Å²) in [6.07, 6.45) is 1.77. The average molecular weight is 314 g/mol. The first-order chi connectivity index (χ1) is 11.0. The summed E-state index contributed by atoms with van der Waals surface area (Å²) in [5.41, 5.74) is 0.505. The topological polar surface area (TPSA) is 88.3 Å². The Labute approximate surface area is 134 Å². The van der Waals surface area contributed by atoms with Crippen LogP contribution in [0.2, 0.25) is 0 Å². The molecule has 0 aliphatic carbocycles. The van der Waals surface area contributed by atoms with E-state index in [9.17, 15) is 10.1 Å². The molecule has 3 heterocycles. The Kier molecular flexibility index (Phi) is 4.05. The van der Waals surface area contributed by atoms with Crippen LogP contribution in [0.5, 0.6) is 0 Å². The molecule has 3 rings (SSSR count). The molecule has 0 atom stereocenters. The molecule has 0 bridgehead atoms. The van der Waals surface area contributed by atoms with E-state index in [2.05, 4.69) is 24.8 Å². The molecule has 23 heavy (non-hydrogen) atoms. The predicted octanol–water partition coefficient (Wildman–Crippen LogP) is 1.72. The van der Waals surface area contributed by atoms with Gasteiger partial charge in [0.2, 0.25) is 0 Å². The van der Waals surface area contributed by atoms with E-state index in [0.29, 0.717) is 5.69 Å². The van der Waals surface area contributed by atoms with Gasteiger partial charge in [0, 0.05) is 38.4 Å². The van der Waals surface area contributed by atoms with Gasteiger partial charge in [-0.2, -0.15) is 0 Å². The van der Waals surface area contributed by atoms with Crippen molar-refractivity contribution in [3.63, 3.8) is 0 Å². The van der Waals surface area contributed by atoms with Gasteiger partial charge in [-0.3, -0.25) is 10.1 Å². The van der Waals surface area contributed by atoms with Crippen molar-refractivity contribution in [2.45, 2.75) is 13.8 Å². The number of aryl methyl sites for hydroxylation is 2. The monoisotopic (exact) mass is 314 g/mol. The lowest BCUT2D eigenvalue weighted by atomic mass is 10.2. The standard InChI is InChI=1S/C15H18N6O2/c1-11-13(21(22)23)3-4-14(17-11)19-7-9-20(10-8-19)15-5-6-16-12(2)18-15/h3-6H,7-10H2,1-2H3. The van der Waals surface area contributed by atoms with Crippen LogP contribution in [0.3, 0.4) is 0 Å². The van der Waals surface area contributed by atoms with Crippen LogP contribution >= 0.6 is 0 Å². The lowest BCUT2D eigenvalue weighted by molar-refractivity contribution is -0.385. The Morgan fingerprint density at radius 3 is 2.13 bits per heavy atom. The lowest BCUT2D eigenvalue weighted by Gasteiger charge is -2.36. The molecule has 1 saturated heterocycles. The fourth-order valence-corrected chi connectivity index (χ4v) is 2.69. The van der Waals surface area contributed by atoms with E-state index in [4.69, 9.17) is 0 Å². The quantitative estimate of drug-likeness (QED) is 0.629. The molecule has 0 spiro atoms. The lowest BCUT2D eigenvalue weighted by Crippen LogP contribution is -2.47. The average Bonchev–Trinajstić information content (AvgIpc) is 2.54. The zero-order chi connectivity index (χ0) is 16.4. The third kappa shape index (κ3) is 3.20. The highest BCUT2D eigenvalue weighted by Gasteiger charge is 2.21. The first-order valence-corrected chi connectivity index (χ1v) is 7.46. The van der Waals surface area contributed by atoms with Crippen molar-refractivity contribution in [2.75, 3.05) is 36.0 Å². The van der Waals surface area contributed by atoms with E-state index in [1.54, 1.807) is 19.2 Å². The van der Waals surface area contributed by atoms with Gasteiger partial charge in [0.05, 0.1) is 4.92 Å². The summed E-state index contributed by atoms with van der Waals surface area (Å²) in [6.45, 7) is 6.80. The first-order valence-electron chi connectivity index (χ1n) is 7.46. The van der Waals surface area contributed by atoms with Crippen LogP contribution in [0.15, 0.2) is 24.4 Å². The first kappa shape index (κ1) is 15.1. The molecule has 2 aromatic rings. The number of aromatic nitrogens is 3. The van der Waals surface area contributed by atoms with Gasteiger partial charge in [-0.05, 0) is 26.0 Å². The molecular weight excluding hydrogens is 296 g/mol. The van der Waals surface area contributed by atoms with Crippen molar-refractivity contribution in [3.8, 4) is 0 Å². The van der Waals surface area contributed by atoms with Gasteiger partial charge in [-0.1, -0.05) is 0 Å². The summed E-state index contributed by atoms with van der Waals surface area (Å²) in [4.78, 5) is 27.8. The molecule has 8 heteroatoms. The second-order valence-corrected chi connectivity index (χ2v) is 5.47. The summed E-state index contributed by atoms with van der Waals surface area (Å²) in [5, 5.41) is 10.9. The maximum absolute atomic E-state index is 10.9. The van der Waals surface area contributed by atoms with Crippen LogP contribution in [0.4, 0.5) is 17.3 Å². The number of piperazine rings is 1. The smallest absolute Gasteiger partial charge is 0.290 e. The zero-order valence-electron chi connectivity index (χ0n) is 13.1. The number of hydrogen-bond acceptors (Lipinski definition) is 7. The van der Waals surface area contributed by atoms with Gasteiger partial charge >= 0.3 is 0 Å². The highest BCUT2D eigenvalue weighted by molar-refractivity contribution is 5.49. The number of hydrogen-bond donors (Lipinski definition) is 0. The van der Waals surface area contributed by atoms with Gasteiger partial charge in [0.1, 0.15) is 23.2 Å². The largest absolute Gasteiger partial charge is 0.353 e. The van der Waals surface area contributed by atoms with E-state index in [1.165, 1.54) is 6.07 Å². The zero-order valence-corrected chi connectivity index (χ0v) is 13.1. The molecule has 0 saturated carbocycles. The summed E-state index contributed by atoms with van der Waals surface area (Å²) >= 11 is 0. The van der Waals surface area contributed by atoms with Crippen molar-refractivity contribution in [2.24, 2.45) is 0 Å². The molecule has 2 aromatic heterocycles. The maximum Gasteiger partial charge on any atom is 0.290 e. The van der Waals surface area contributed by atoms with Crippen LogP contribution in [0, 0.1) is 24.0 Å². The molecule has 8 nitrogen and oxygen atoms in total. The predicted molar refractivity (Wildman–Crippen MR) is 86.8 cm³/mol. The van der Waals surface area contributed by atoms with Crippen LogP contribution in [0.1, 0.15) is 11.5 Å². The molecule has 1 fully saturated rings. The maximum atomic E-state index is 10.9. The van der Waals surface area contributed by atoms with Crippen LogP contribution < -0.4 is 9.80 Å². The number of nitrogens with zero attached hydrogens (tertiary/aromatic N) is 6. The highest BCUT2D eigenvalue weighted by Crippen LogP contribution is 2.22. The van der Waals surface area contributed by atoms with Crippen molar-refractivity contribution >= 4 is 17.3 Å². The van der Waals surface area contributed by atoms with Crippen LogP contribution in [-0.4, -0.2) is 46.1 Å². The Bertz CT molecular complexity index is 728. The van der Waals surface area contributed by atoms with Gasteiger partial charge in [-0.15, -0.1) is 0 Å². The highest BCUT2D eigenvalue weighted by atomic mass is 16.6. The molecule has 0 radical (unpaired) electrons. The number of rotatable bonds is 3. The fraction of sp³-hybridized carbons (Fsp3) is 0.400. The molecule has 0 unspecified atom stereocenters. The second-order valence-electron chi connectivity index (χ2n) is 5.47. The minimum atomic E-state index is -0.401. The molecule has 1 aliphatic heterocycles. The minimum absolute atomic E-state index is 0.0591. The van der Waals surface area contributed by atoms with Crippen LogP contribution in [0.25, 0.3) is 0 Å². The van der Waals surface area contributed by atoms with E-state index in [0.717, 1.165) is 43.6 Å². The van der Waals surface area contributed by atoms with E-state index in [-0.39, 0.29) is 5.69 Å². The Hall–Kier alpha value is -2.77. The molecule has 0 amide bonds. The third-order valence-electron chi connectivity index (χ3n) is 3.93. The van der Waals surface area contributed by atoms with Gasteiger partial charge in [0.25, 0.3) is 5.69 Å². The SMILES string of the molecule is Cc1nccc(N2CCN(c3ccc([N+](=O)[O-])c(C)n3)CC2)n1. The van der Waals surface area contributed by atoms with Crippen molar-refractivity contribution < 1.29 is 4.92 Å². The molecular formula is C15H18N6O2. The van der Waals surface area contributed by atoms with Crippen molar-refractivity contribution in [1.29, 1.82) is 0 Å². The number of anilines is 2. The van der Waals surface area contributed by atoms with E-state index >= 15 is 0 Å². The Balaban J connectivity index is 1.69. The third-order valence-corrected chi connectivity index (χ3v) is 3.93. The van der Waals surface area contributed by atoms with Gasteiger partial charge in [0.15, 0.2) is 0 Å².